The van der Waals surface area contributed by atoms with Gasteiger partial charge in [-0.1, -0.05) is 12.2 Å². The van der Waals surface area contributed by atoms with Crippen molar-refractivity contribution >= 4 is 12.1 Å². The lowest BCUT2D eigenvalue weighted by atomic mass is 10.2. The number of primary amides is 1. The third kappa shape index (κ3) is 5.49. The summed E-state index contributed by atoms with van der Waals surface area (Å²) < 4.78 is 0. The molecule has 0 aromatic carbocycles. The summed E-state index contributed by atoms with van der Waals surface area (Å²) in [5, 5.41) is 0. The van der Waals surface area contributed by atoms with Crippen LogP contribution in [-0.2, 0) is 14.6 Å². The molecule has 72 valence electrons. The van der Waals surface area contributed by atoms with E-state index < -0.39 is 12.1 Å². The van der Waals surface area contributed by atoms with E-state index in [1.165, 1.54) is 6.92 Å². The average Bonchev–Trinajstić information content (AvgIpc) is 2.10. The highest BCUT2D eigenvalue weighted by atomic mass is 17.2. The number of allylic oxidation sites excluding steroid dienone is 2. The minimum atomic E-state index is -1.16. The normalized spacial score (nSPS) is 10.4. The molecule has 0 radical (unpaired) electrons. The third-order valence-corrected chi connectivity index (χ3v) is 1.11. The zero-order valence-corrected chi connectivity index (χ0v) is 7.28. The van der Waals surface area contributed by atoms with E-state index in [9.17, 15) is 9.59 Å². The number of carbonyl (C=O) groups excluding carboxylic acids is 2. The van der Waals surface area contributed by atoms with Gasteiger partial charge in [0, 0.05) is 5.57 Å². The van der Waals surface area contributed by atoms with Crippen LogP contribution < -0.4 is 5.73 Å². The summed E-state index contributed by atoms with van der Waals surface area (Å²) in [7, 11) is 0. The molecule has 5 heteroatoms. The lowest BCUT2D eigenvalue weighted by Gasteiger charge is -1.99. The maximum atomic E-state index is 10.9. The Morgan fingerprint density at radius 2 is 2.08 bits per heavy atom. The van der Waals surface area contributed by atoms with Crippen LogP contribution in [-0.4, -0.2) is 12.1 Å². The molecule has 13 heavy (non-hydrogen) atoms. The summed E-state index contributed by atoms with van der Waals surface area (Å²) >= 11 is 0. The number of carbonyl (C=O) groups is 2. The SMILES string of the molecule is C=CCC=C(C)C(=O)OOC(N)=O. The number of nitrogens with two attached hydrogens (primary N) is 1. The number of hydrogen-bond donors (Lipinski definition) is 1. The molecular formula is C8H11NO4. The largest absolute Gasteiger partial charge is 0.447 e. The van der Waals surface area contributed by atoms with E-state index in [0.29, 0.717) is 12.0 Å². The molecule has 0 heterocycles. The van der Waals surface area contributed by atoms with Gasteiger partial charge in [-0.05, 0) is 13.3 Å². The van der Waals surface area contributed by atoms with Gasteiger partial charge in [0.15, 0.2) is 0 Å². The molecule has 0 spiro atoms. The third-order valence-electron chi connectivity index (χ3n) is 1.11. The smallest absolute Gasteiger partial charge is 0.332 e. The van der Waals surface area contributed by atoms with Gasteiger partial charge in [0.25, 0.3) is 0 Å². The average molecular weight is 185 g/mol. The zero-order valence-electron chi connectivity index (χ0n) is 7.28. The van der Waals surface area contributed by atoms with Crippen LogP contribution in [0, 0.1) is 0 Å². The fourth-order valence-electron chi connectivity index (χ4n) is 0.488. The lowest BCUT2D eigenvalue weighted by molar-refractivity contribution is -0.225. The molecule has 0 aliphatic heterocycles. The maximum Gasteiger partial charge on any atom is 0.447 e. The second kappa shape index (κ2) is 5.82. The van der Waals surface area contributed by atoms with Crippen molar-refractivity contribution in [2.45, 2.75) is 13.3 Å². The Balaban J connectivity index is 3.95. The Hall–Kier alpha value is -1.78. The monoisotopic (exact) mass is 185 g/mol. The van der Waals surface area contributed by atoms with Crippen molar-refractivity contribution in [3.05, 3.63) is 24.3 Å². The first-order chi connectivity index (χ1) is 6.07. The molecule has 0 rings (SSSR count). The molecule has 1 amide bonds. The Morgan fingerprint density at radius 1 is 1.46 bits per heavy atom. The van der Waals surface area contributed by atoms with Crippen molar-refractivity contribution < 1.29 is 19.4 Å². The van der Waals surface area contributed by atoms with E-state index in [1.54, 1.807) is 12.2 Å². The van der Waals surface area contributed by atoms with Crippen LogP contribution in [0.2, 0.25) is 0 Å². The van der Waals surface area contributed by atoms with E-state index in [-0.39, 0.29) is 0 Å². The summed E-state index contributed by atoms with van der Waals surface area (Å²) in [5.74, 6) is -0.749. The quantitative estimate of drug-likeness (QED) is 0.308. The summed E-state index contributed by atoms with van der Waals surface area (Å²) in [6.07, 6.45) is 2.58. The van der Waals surface area contributed by atoms with E-state index in [2.05, 4.69) is 22.1 Å². The summed E-state index contributed by atoms with van der Waals surface area (Å²) in [6.45, 7) is 4.99. The predicted molar refractivity (Wildman–Crippen MR) is 45.3 cm³/mol. The van der Waals surface area contributed by atoms with E-state index in [4.69, 9.17) is 0 Å². The van der Waals surface area contributed by atoms with Gasteiger partial charge < -0.3 is 5.73 Å². The van der Waals surface area contributed by atoms with Gasteiger partial charge in [-0.25, -0.2) is 19.4 Å². The topological polar surface area (TPSA) is 78.6 Å². The predicted octanol–water partition coefficient (Wildman–Crippen LogP) is 1.06. The summed E-state index contributed by atoms with van der Waals surface area (Å²) in [4.78, 5) is 28.8. The highest BCUT2D eigenvalue weighted by molar-refractivity contribution is 5.87. The molecule has 0 aliphatic carbocycles. The molecule has 0 fully saturated rings. The Kier molecular flexibility index (Phi) is 5.02. The number of rotatable bonds is 3. The van der Waals surface area contributed by atoms with Crippen LogP contribution in [0.4, 0.5) is 4.79 Å². The van der Waals surface area contributed by atoms with Gasteiger partial charge in [0.05, 0.1) is 0 Å². The highest BCUT2D eigenvalue weighted by Gasteiger charge is 2.07. The summed E-state index contributed by atoms with van der Waals surface area (Å²) in [5.41, 5.74) is 4.89. The first-order valence-electron chi connectivity index (χ1n) is 3.54. The van der Waals surface area contributed by atoms with Crippen molar-refractivity contribution in [1.29, 1.82) is 0 Å². The van der Waals surface area contributed by atoms with Gasteiger partial charge in [-0.2, -0.15) is 0 Å². The standard InChI is InChI=1S/C8H11NO4/c1-3-4-5-6(2)7(10)12-13-8(9)11/h3,5H,1,4H2,2H3,(H2,9,11). The fourth-order valence-corrected chi connectivity index (χ4v) is 0.488. The molecule has 0 aliphatic rings. The minimum Gasteiger partial charge on any atom is -0.332 e. The minimum absolute atomic E-state index is 0.321. The molecule has 0 aromatic heterocycles. The molecule has 2 N–H and O–H groups in total. The van der Waals surface area contributed by atoms with Gasteiger partial charge in [-0.3, -0.25) is 0 Å². The Morgan fingerprint density at radius 3 is 2.54 bits per heavy atom. The fraction of sp³-hybridized carbons (Fsp3) is 0.250. The van der Waals surface area contributed by atoms with Gasteiger partial charge in [0.2, 0.25) is 0 Å². The summed E-state index contributed by atoms with van der Waals surface area (Å²) in [6, 6.07) is 0. The molecule has 0 unspecified atom stereocenters. The highest BCUT2D eigenvalue weighted by Crippen LogP contribution is 1.99. The molecule has 0 aromatic rings. The van der Waals surface area contributed by atoms with E-state index in [0.717, 1.165) is 0 Å². The van der Waals surface area contributed by atoms with Gasteiger partial charge >= 0.3 is 12.1 Å². The van der Waals surface area contributed by atoms with Crippen molar-refractivity contribution in [2.75, 3.05) is 0 Å². The van der Waals surface area contributed by atoms with Crippen LogP contribution in [0.3, 0.4) is 0 Å². The van der Waals surface area contributed by atoms with Gasteiger partial charge in [-0.15, -0.1) is 6.58 Å². The number of hydrogen-bond acceptors (Lipinski definition) is 4. The molecule has 0 saturated heterocycles. The Labute approximate surface area is 75.7 Å². The maximum absolute atomic E-state index is 10.9. The second-order valence-corrected chi connectivity index (χ2v) is 2.18. The first-order valence-corrected chi connectivity index (χ1v) is 3.54. The number of amides is 1. The lowest BCUT2D eigenvalue weighted by Crippen LogP contribution is -2.17. The van der Waals surface area contributed by atoms with Crippen LogP contribution >= 0.6 is 0 Å². The molecular weight excluding hydrogens is 174 g/mol. The molecule has 0 bridgehead atoms. The van der Waals surface area contributed by atoms with Crippen molar-refractivity contribution in [1.82, 2.24) is 0 Å². The van der Waals surface area contributed by atoms with Crippen LogP contribution in [0.5, 0.6) is 0 Å². The Bertz CT molecular complexity index is 245. The molecule has 5 nitrogen and oxygen atoms in total. The molecule has 0 atom stereocenters. The van der Waals surface area contributed by atoms with Crippen molar-refractivity contribution in [2.24, 2.45) is 5.73 Å². The van der Waals surface area contributed by atoms with Crippen LogP contribution in [0.1, 0.15) is 13.3 Å². The van der Waals surface area contributed by atoms with Crippen LogP contribution in [0.25, 0.3) is 0 Å². The van der Waals surface area contributed by atoms with E-state index >= 15 is 0 Å². The van der Waals surface area contributed by atoms with Crippen molar-refractivity contribution in [3.63, 3.8) is 0 Å². The first kappa shape index (κ1) is 11.2. The zero-order chi connectivity index (χ0) is 10.3. The van der Waals surface area contributed by atoms with Gasteiger partial charge in [0.1, 0.15) is 0 Å². The van der Waals surface area contributed by atoms with Crippen LogP contribution in [0.15, 0.2) is 24.3 Å². The van der Waals surface area contributed by atoms with Crippen molar-refractivity contribution in [3.8, 4) is 0 Å². The second-order valence-electron chi connectivity index (χ2n) is 2.18. The van der Waals surface area contributed by atoms with E-state index in [1.807, 2.05) is 0 Å². The molecule has 0 saturated carbocycles.